The number of nitrogens with zero attached hydrogens (tertiary/aromatic N) is 9. The van der Waals surface area contributed by atoms with E-state index in [9.17, 15) is 4.39 Å². The van der Waals surface area contributed by atoms with Gasteiger partial charge in [0.1, 0.15) is 29.0 Å². The summed E-state index contributed by atoms with van der Waals surface area (Å²) in [7, 11) is 0. The average Bonchev–Trinajstić information content (AvgIpc) is 3.65. The minimum absolute atomic E-state index is 0.156. The van der Waals surface area contributed by atoms with Crippen LogP contribution in [0.4, 0.5) is 16.0 Å². The number of rotatable bonds is 7. The Bertz CT molecular complexity index is 2000. The van der Waals surface area contributed by atoms with E-state index in [1.807, 2.05) is 47.0 Å². The summed E-state index contributed by atoms with van der Waals surface area (Å²) >= 11 is 0. The number of halogens is 1. The van der Waals surface area contributed by atoms with Gasteiger partial charge in [0.25, 0.3) is 0 Å². The summed E-state index contributed by atoms with van der Waals surface area (Å²) in [6.45, 7) is 2.59. The number of likely N-dealkylation sites (tertiary alicyclic amines) is 1. The first-order valence-electron chi connectivity index (χ1n) is 14.1. The molecule has 1 saturated heterocycles. The van der Waals surface area contributed by atoms with Crippen molar-refractivity contribution in [2.75, 3.05) is 24.1 Å². The summed E-state index contributed by atoms with van der Waals surface area (Å²) in [5.41, 5.74) is 11.5. The van der Waals surface area contributed by atoms with Crippen LogP contribution in [0.25, 0.3) is 39.6 Å². The van der Waals surface area contributed by atoms with Crippen LogP contribution in [0.2, 0.25) is 0 Å². The largest absolute Gasteiger partial charge is 0.383 e. The first kappa shape index (κ1) is 27.1. The third-order valence-electron chi connectivity index (χ3n) is 7.55. The predicted molar refractivity (Wildman–Crippen MR) is 164 cm³/mol. The molecule has 0 aliphatic carbocycles. The summed E-state index contributed by atoms with van der Waals surface area (Å²) in [5, 5.41) is 12.5. The Morgan fingerprint density at radius 3 is 2.59 bits per heavy atom. The Labute approximate surface area is 251 Å². The molecule has 216 valence electrons. The van der Waals surface area contributed by atoms with Crippen LogP contribution in [0.1, 0.15) is 17.8 Å². The highest BCUT2D eigenvalue weighted by Crippen LogP contribution is 2.31. The zero-order valence-corrected chi connectivity index (χ0v) is 23.5. The first-order valence-corrected chi connectivity index (χ1v) is 14.1. The molecule has 0 amide bonds. The van der Waals surface area contributed by atoms with Crippen LogP contribution in [-0.2, 0) is 6.54 Å². The number of pyridine rings is 3. The molecule has 1 atom stereocenters. The van der Waals surface area contributed by atoms with Crippen LogP contribution in [0, 0.1) is 17.1 Å². The molecule has 1 unspecified atom stereocenters. The molecule has 1 aromatic carbocycles. The van der Waals surface area contributed by atoms with Crippen molar-refractivity contribution in [3.05, 3.63) is 103 Å². The lowest BCUT2D eigenvalue weighted by Crippen LogP contribution is -2.26. The van der Waals surface area contributed by atoms with E-state index in [2.05, 4.69) is 42.3 Å². The van der Waals surface area contributed by atoms with E-state index in [1.165, 1.54) is 17.8 Å². The van der Waals surface area contributed by atoms with Crippen molar-refractivity contribution in [2.24, 2.45) is 0 Å². The summed E-state index contributed by atoms with van der Waals surface area (Å²) < 4.78 is 15.5. The van der Waals surface area contributed by atoms with E-state index >= 15 is 0 Å². The summed E-state index contributed by atoms with van der Waals surface area (Å²) in [6, 6.07) is 22.7. The van der Waals surface area contributed by atoms with Gasteiger partial charge in [-0.25, -0.2) is 29.3 Å². The number of imidazole rings is 1. The van der Waals surface area contributed by atoms with Gasteiger partial charge in [-0.15, -0.1) is 0 Å². The van der Waals surface area contributed by atoms with Crippen LogP contribution in [0.3, 0.4) is 0 Å². The number of nitriles is 1. The van der Waals surface area contributed by atoms with Crippen LogP contribution in [0.5, 0.6) is 0 Å². The van der Waals surface area contributed by atoms with Gasteiger partial charge >= 0.3 is 0 Å². The molecule has 7 rings (SSSR count). The van der Waals surface area contributed by atoms with Crippen molar-refractivity contribution in [1.82, 2.24) is 39.4 Å². The maximum absolute atomic E-state index is 13.5. The number of fused-ring (bicyclic) bond motifs is 1. The molecule has 3 N–H and O–H groups in total. The molecule has 1 aliphatic rings. The molecule has 1 fully saturated rings. The SMILES string of the molecule is N#Cc1nccc(NC2CCN(Cc3ccc(-n4c(-c5cccnc5N)nc5ccc(-c6ccc(F)cn6)nc54)cc3)C2)n1. The molecule has 5 aromatic heterocycles. The van der Waals surface area contributed by atoms with Crippen LogP contribution in [-0.4, -0.2) is 58.5 Å². The molecule has 1 aliphatic heterocycles. The Balaban J connectivity index is 1.17. The quantitative estimate of drug-likeness (QED) is 0.273. The lowest BCUT2D eigenvalue weighted by atomic mass is 10.1. The molecule has 0 radical (unpaired) electrons. The molecular weight excluding hydrogens is 557 g/mol. The Morgan fingerprint density at radius 2 is 1.80 bits per heavy atom. The number of nitrogens with one attached hydrogen (secondary N) is 1. The van der Waals surface area contributed by atoms with E-state index in [0.29, 0.717) is 45.6 Å². The smallest absolute Gasteiger partial charge is 0.234 e. The molecule has 6 aromatic rings. The van der Waals surface area contributed by atoms with E-state index in [4.69, 9.17) is 21.0 Å². The number of hydrogen-bond donors (Lipinski definition) is 2. The highest BCUT2D eigenvalue weighted by molar-refractivity contribution is 5.84. The summed E-state index contributed by atoms with van der Waals surface area (Å²) in [4.78, 5) is 28.8. The van der Waals surface area contributed by atoms with E-state index < -0.39 is 5.82 Å². The standard InChI is InChI=1S/C32H26FN11/c33-21-5-8-25(38-17-21)26-9-10-27-32(40-26)44(31(41-27)24-2-1-13-37-30(24)35)23-6-3-20(4-7-23)18-43-15-12-22(19-43)39-28-11-14-36-29(16-34)42-28/h1-11,13-14,17,22H,12,15,18-19H2,(H2,35,37)(H,36,39,42). The number of benzene rings is 1. The van der Waals surface area contributed by atoms with Crippen LogP contribution < -0.4 is 11.1 Å². The normalized spacial score (nSPS) is 15.0. The highest BCUT2D eigenvalue weighted by Gasteiger charge is 2.23. The maximum atomic E-state index is 13.5. The number of aromatic nitrogens is 7. The van der Waals surface area contributed by atoms with Gasteiger partial charge in [0.2, 0.25) is 5.82 Å². The van der Waals surface area contributed by atoms with Gasteiger partial charge in [0.05, 0.1) is 23.1 Å². The molecule has 0 saturated carbocycles. The van der Waals surface area contributed by atoms with E-state index in [0.717, 1.165) is 31.7 Å². The van der Waals surface area contributed by atoms with Crippen molar-refractivity contribution in [2.45, 2.75) is 19.0 Å². The van der Waals surface area contributed by atoms with Crippen LogP contribution >= 0.6 is 0 Å². The lowest BCUT2D eigenvalue weighted by molar-refractivity contribution is 0.328. The van der Waals surface area contributed by atoms with Crippen molar-refractivity contribution in [3.63, 3.8) is 0 Å². The minimum atomic E-state index is -0.407. The van der Waals surface area contributed by atoms with Gasteiger partial charge in [-0.05, 0) is 66.6 Å². The zero-order chi connectivity index (χ0) is 30.0. The zero-order valence-electron chi connectivity index (χ0n) is 23.5. The van der Waals surface area contributed by atoms with Crippen molar-refractivity contribution in [1.29, 1.82) is 5.26 Å². The van der Waals surface area contributed by atoms with Gasteiger partial charge < -0.3 is 11.1 Å². The number of anilines is 2. The second-order valence-electron chi connectivity index (χ2n) is 10.5. The van der Waals surface area contributed by atoms with Crippen molar-refractivity contribution < 1.29 is 4.39 Å². The van der Waals surface area contributed by atoms with Crippen LogP contribution in [0.15, 0.2) is 85.3 Å². The fourth-order valence-electron chi connectivity index (χ4n) is 5.46. The maximum Gasteiger partial charge on any atom is 0.234 e. The molecule has 6 heterocycles. The fourth-order valence-corrected chi connectivity index (χ4v) is 5.46. The minimum Gasteiger partial charge on any atom is -0.383 e. The number of hydrogen-bond acceptors (Lipinski definition) is 10. The molecule has 11 nitrogen and oxygen atoms in total. The summed E-state index contributed by atoms with van der Waals surface area (Å²) in [5.74, 6) is 1.40. The second-order valence-corrected chi connectivity index (χ2v) is 10.5. The molecule has 12 heteroatoms. The van der Waals surface area contributed by atoms with E-state index in [-0.39, 0.29) is 11.9 Å². The molecule has 0 spiro atoms. The Morgan fingerprint density at radius 1 is 0.932 bits per heavy atom. The third kappa shape index (κ3) is 5.39. The Hall–Kier alpha value is -5.80. The van der Waals surface area contributed by atoms with Crippen molar-refractivity contribution in [3.8, 4) is 34.5 Å². The highest BCUT2D eigenvalue weighted by atomic mass is 19.1. The first-order chi connectivity index (χ1) is 21.5. The molecular formula is C32H26FN11. The fraction of sp³-hybridized carbons (Fsp3) is 0.156. The average molecular weight is 584 g/mol. The lowest BCUT2D eigenvalue weighted by Gasteiger charge is -2.17. The molecule has 0 bridgehead atoms. The summed E-state index contributed by atoms with van der Waals surface area (Å²) in [6.07, 6.45) is 5.39. The van der Waals surface area contributed by atoms with Gasteiger partial charge in [0.15, 0.2) is 11.5 Å². The van der Waals surface area contributed by atoms with Gasteiger partial charge in [-0.1, -0.05) is 12.1 Å². The van der Waals surface area contributed by atoms with Gasteiger partial charge in [-0.2, -0.15) is 5.26 Å². The molecule has 44 heavy (non-hydrogen) atoms. The number of nitrogens with two attached hydrogens (primary N) is 1. The Kier molecular flexibility index (Phi) is 7.05. The number of nitrogen functional groups attached to an aromatic ring is 1. The predicted octanol–water partition coefficient (Wildman–Crippen LogP) is 4.61. The third-order valence-corrected chi connectivity index (χ3v) is 7.55. The van der Waals surface area contributed by atoms with Gasteiger partial charge in [0, 0.05) is 43.8 Å². The van der Waals surface area contributed by atoms with Gasteiger partial charge in [-0.3, -0.25) is 14.5 Å². The van der Waals surface area contributed by atoms with E-state index in [1.54, 1.807) is 24.5 Å². The second kappa shape index (κ2) is 11.5. The topological polar surface area (TPSA) is 147 Å². The monoisotopic (exact) mass is 583 g/mol. The van der Waals surface area contributed by atoms with Crippen molar-refractivity contribution >= 4 is 22.8 Å².